The van der Waals surface area contributed by atoms with Gasteiger partial charge in [0.1, 0.15) is 0 Å². The number of likely N-dealkylation sites (tertiary alicyclic amines) is 1. The Kier molecular flexibility index (Phi) is 2.92. The van der Waals surface area contributed by atoms with Crippen LogP contribution in [0.2, 0.25) is 0 Å². The molecule has 0 N–H and O–H groups in total. The van der Waals surface area contributed by atoms with Gasteiger partial charge in [-0.15, -0.1) is 0 Å². The van der Waals surface area contributed by atoms with Crippen molar-refractivity contribution >= 4 is 26.8 Å². The number of fused-ring (bicyclic) bond motifs is 1. The third kappa shape index (κ3) is 2.00. The molecule has 17 heavy (non-hydrogen) atoms. The van der Waals surface area contributed by atoms with E-state index in [1.165, 1.54) is 36.8 Å². The highest BCUT2D eigenvalue weighted by Gasteiger charge is 2.20. The van der Waals surface area contributed by atoms with E-state index in [-0.39, 0.29) is 0 Å². The van der Waals surface area contributed by atoms with Crippen LogP contribution in [0.25, 0.3) is 10.9 Å². The molecule has 0 aliphatic carbocycles. The van der Waals surface area contributed by atoms with E-state index in [4.69, 9.17) is 0 Å². The first-order chi connectivity index (χ1) is 8.25. The van der Waals surface area contributed by atoms with Gasteiger partial charge in [-0.05, 0) is 45.1 Å². The van der Waals surface area contributed by atoms with Crippen LogP contribution in [0.4, 0.5) is 0 Å². The molecule has 1 aliphatic rings. The van der Waals surface area contributed by atoms with Crippen LogP contribution in [-0.4, -0.2) is 34.8 Å². The lowest BCUT2D eigenvalue weighted by Gasteiger charge is -2.29. The van der Waals surface area contributed by atoms with Gasteiger partial charge in [-0.2, -0.15) is 5.10 Å². The Labute approximate surface area is 110 Å². The highest BCUT2D eigenvalue weighted by atomic mass is 79.9. The van der Waals surface area contributed by atoms with Crippen LogP contribution in [0, 0.1) is 0 Å². The molecule has 0 bridgehead atoms. The summed E-state index contributed by atoms with van der Waals surface area (Å²) >= 11 is 3.58. The van der Waals surface area contributed by atoms with Gasteiger partial charge < -0.3 is 4.90 Å². The SMILES string of the molecule is CN1CCC(n2ncc3c(Br)cccc32)CC1. The van der Waals surface area contributed by atoms with Crippen LogP contribution < -0.4 is 0 Å². The molecule has 2 aromatic rings. The molecule has 1 fully saturated rings. The van der Waals surface area contributed by atoms with Crippen LogP contribution in [0.15, 0.2) is 28.9 Å². The van der Waals surface area contributed by atoms with Crippen LogP contribution >= 0.6 is 15.9 Å². The second-order valence-corrected chi connectivity index (χ2v) is 5.65. The normalized spacial score (nSPS) is 18.9. The zero-order chi connectivity index (χ0) is 11.8. The smallest absolute Gasteiger partial charge is 0.0697 e. The van der Waals surface area contributed by atoms with E-state index >= 15 is 0 Å². The van der Waals surface area contributed by atoms with Crippen LogP contribution in [-0.2, 0) is 0 Å². The monoisotopic (exact) mass is 293 g/mol. The van der Waals surface area contributed by atoms with Crippen molar-refractivity contribution in [3.8, 4) is 0 Å². The van der Waals surface area contributed by atoms with Crippen molar-refractivity contribution in [1.29, 1.82) is 0 Å². The van der Waals surface area contributed by atoms with Gasteiger partial charge in [0.15, 0.2) is 0 Å². The number of hydrogen-bond donors (Lipinski definition) is 0. The summed E-state index contributed by atoms with van der Waals surface area (Å²) in [6.07, 6.45) is 4.36. The summed E-state index contributed by atoms with van der Waals surface area (Å²) in [6, 6.07) is 6.87. The molecular formula is C13H16BrN3. The van der Waals surface area contributed by atoms with Gasteiger partial charge in [-0.1, -0.05) is 22.0 Å². The molecule has 3 rings (SSSR count). The third-order valence-electron chi connectivity index (χ3n) is 3.62. The summed E-state index contributed by atoms with van der Waals surface area (Å²) < 4.78 is 3.33. The van der Waals surface area contributed by atoms with E-state index in [0.29, 0.717) is 6.04 Å². The zero-order valence-corrected chi connectivity index (χ0v) is 11.5. The van der Waals surface area contributed by atoms with Crippen molar-refractivity contribution in [3.05, 3.63) is 28.9 Å². The predicted molar refractivity (Wildman–Crippen MR) is 73.2 cm³/mol. The van der Waals surface area contributed by atoms with Gasteiger partial charge in [0.2, 0.25) is 0 Å². The fourth-order valence-electron chi connectivity index (χ4n) is 2.57. The second kappa shape index (κ2) is 4.42. The van der Waals surface area contributed by atoms with Crippen molar-refractivity contribution in [2.24, 2.45) is 0 Å². The first-order valence-electron chi connectivity index (χ1n) is 6.06. The summed E-state index contributed by atoms with van der Waals surface area (Å²) in [7, 11) is 2.19. The number of rotatable bonds is 1. The maximum Gasteiger partial charge on any atom is 0.0697 e. The number of benzene rings is 1. The Morgan fingerprint density at radius 2 is 2.06 bits per heavy atom. The Bertz CT molecular complexity index is 526. The van der Waals surface area contributed by atoms with Crippen molar-refractivity contribution in [2.45, 2.75) is 18.9 Å². The van der Waals surface area contributed by atoms with Gasteiger partial charge in [-0.3, -0.25) is 4.68 Å². The Morgan fingerprint density at radius 3 is 2.82 bits per heavy atom. The summed E-state index contributed by atoms with van der Waals surface area (Å²) in [5, 5.41) is 5.79. The number of piperidine rings is 1. The number of halogens is 1. The molecule has 1 aromatic carbocycles. The Hall–Kier alpha value is -0.870. The quantitative estimate of drug-likeness (QED) is 0.806. The van der Waals surface area contributed by atoms with Gasteiger partial charge in [-0.25, -0.2) is 0 Å². The molecule has 0 radical (unpaired) electrons. The van der Waals surface area contributed by atoms with Crippen molar-refractivity contribution in [2.75, 3.05) is 20.1 Å². The third-order valence-corrected chi connectivity index (χ3v) is 4.31. The first-order valence-corrected chi connectivity index (χ1v) is 6.85. The second-order valence-electron chi connectivity index (χ2n) is 4.80. The Balaban J connectivity index is 1.98. The van der Waals surface area contributed by atoms with Crippen molar-refractivity contribution in [1.82, 2.24) is 14.7 Å². The first kappa shape index (κ1) is 11.2. The maximum absolute atomic E-state index is 4.57. The fraction of sp³-hybridized carbons (Fsp3) is 0.462. The number of hydrogen-bond acceptors (Lipinski definition) is 2. The number of nitrogens with zero attached hydrogens (tertiary/aromatic N) is 3. The maximum atomic E-state index is 4.57. The van der Waals surface area contributed by atoms with E-state index in [2.05, 4.69) is 55.9 Å². The summed E-state index contributed by atoms with van der Waals surface area (Å²) in [6.45, 7) is 2.33. The van der Waals surface area contributed by atoms with Crippen molar-refractivity contribution in [3.63, 3.8) is 0 Å². The van der Waals surface area contributed by atoms with Gasteiger partial charge >= 0.3 is 0 Å². The average molecular weight is 294 g/mol. The van der Waals surface area contributed by atoms with E-state index in [9.17, 15) is 0 Å². The summed E-state index contributed by atoms with van der Waals surface area (Å²) in [4.78, 5) is 2.39. The van der Waals surface area contributed by atoms with Gasteiger partial charge in [0.05, 0.1) is 17.8 Å². The lowest BCUT2D eigenvalue weighted by atomic mass is 10.1. The molecule has 90 valence electrons. The standard InChI is InChI=1S/C13H16BrN3/c1-16-7-5-10(6-8-16)17-13-4-2-3-12(14)11(13)9-15-17/h2-4,9-10H,5-8H2,1H3. The van der Waals surface area contributed by atoms with E-state index in [1.807, 2.05) is 6.20 Å². The molecule has 1 aliphatic heterocycles. The Morgan fingerprint density at radius 1 is 1.29 bits per heavy atom. The minimum Gasteiger partial charge on any atom is -0.306 e. The topological polar surface area (TPSA) is 21.1 Å². The summed E-state index contributed by atoms with van der Waals surface area (Å²) in [5.41, 5.74) is 1.24. The number of aromatic nitrogens is 2. The van der Waals surface area contributed by atoms with Gasteiger partial charge in [0.25, 0.3) is 0 Å². The lowest BCUT2D eigenvalue weighted by molar-refractivity contribution is 0.215. The molecule has 2 heterocycles. The van der Waals surface area contributed by atoms with E-state index < -0.39 is 0 Å². The largest absolute Gasteiger partial charge is 0.306 e. The molecular weight excluding hydrogens is 278 g/mol. The van der Waals surface area contributed by atoms with Crippen LogP contribution in [0.3, 0.4) is 0 Å². The molecule has 0 saturated carbocycles. The van der Waals surface area contributed by atoms with Gasteiger partial charge in [0, 0.05) is 9.86 Å². The molecule has 0 amide bonds. The summed E-state index contributed by atoms with van der Waals surface area (Å²) in [5.74, 6) is 0. The van der Waals surface area contributed by atoms with E-state index in [0.717, 1.165) is 4.47 Å². The molecule has 0 unspecified atom stereocenters. The molecule has 1 saturated heterocycles. The van der Waals surface area contributed by atoms with E-state index in [1.54, 1.807) is 0 Å². The lowest BCUT2D eigenvalue weighted by Crippen LogP contribution is -2.31. The molecule has 0 spiro atoms. The molecule has 3 nitrogen and oxygen atoms in total. The van der Waals surface area contributed by atoms with Crippen LogP contribution in [0.5, 0.6) is 0 Å². The molecule has 1 aromatic heterocycles. The average Bonchev–Trinajstić information content (AvgIpc) is 2.75. The zero-order valence-electron chi connectivity index (χ0n) is 9.93. The van der Waals surface area contributed by atoms with Crippen LogP contribution in [0.1, 0.15) is 18.9 Å². The highest BCUT2D eigenvalue weighted by molar-refractivity contribution is 9.10. The predicted octanol–water partition coefficient (Wildman–Crippen LogP) is 3.07. The highest BCUT2D eigenvalue weighted by Crippen LogP contribution is 2.29. The molecule has 0 atom stereocenters. The van der Waals surface area contributed by atoms with Crippen molar-refractivity contribution < 1.29 is 0 Å². The minimum absolute atomic E-state index is 0.554. The minimum atomic E-state index is 0.554. The molecule has 4 heteroatoms. The fourth-order valence-corrected chi connectivity index (χ4v) is 3.02.